The molecule has 1 unspecified atom stereocenters. The average Bonchev–Trinajstić information content (AvgIpc) is 2.18. The summed E-state index contributed by atoms with van der Waals surface area (Å²) in [6.45, 7) is 8.31. The van der Waals surface area contributed by atoms with E-state index in [4.69, 9.17) is 5.11 Å². The molecule has 0 bridgehead atoms. The lowest BCUT2D eigenvalue weighted by molar-refractivity contribution is 0.0827. The van der Waals surface area contributed by atoms with Crippen molar-refractivity contribution in [3.63, 3.8) is 0 Å². The Bertz CT molecular complexity index is 187. The minimum Gasteiger partial charge on any atom is -0.396 e. The zero-order valence-electron chi connectivity index (χ0n) is 11.3. The molecule has 1 fully saturated rings. The third kappa shape index (κ3) is 4.42. The summed E-state index contributed by atoms with van der Waals surface area (Å²) >= 11 is 0. The van der Waals surface area contributed by atoms with Gasteiger partial charge in [0.05, 0.1) is 0 Å². The van der Waals surface area contributed by atoms with Gasteiger partial charge in [-0.3, -0.25) is 0 Å². The van der Waals surface area contributed by atoms with Gasteiger partial charge in [0.15, 0.2) is 0 Å². The van der Waals surface area contributed by atoms with Gasteiger partial charge in [0.1, 0.15) is 0 Å². The Hall–Kier alpha value is -0.0800. The predicted molar refractivity (Wildman–Crippen MR) is 69.5 cm³/mol. The maximum absolute atomic E-state index is 9.08. The standard InChI is InChI=1S/C14H29NO/c1-12(2)5-6-13(3)15-11-14(9-10-16)7-4-8-14/h12-13,15-16H,4-11H2,1-3H3. The summed E-state index contributed by atoms with van der Waals surface area (Å²) in [5, 5.41) is 12.7. The molecule has 0 radical (unpaired) electrons. The Morgan fingerprint density at radius 2 is 1.88 bits per heavy atom. The lowest BCUT2D eigenvalue weighted by atomic mass is 9.66. The molecule has 0 heterocycles. The second-order valence-electron chi connectivity index (χ2n) is 6.08. The van der Waals surface area contributed by atoms with Crippen LogP contribution in [0.4, 0.5) is 0 Å². The Morgan fingerprint density at radius 1 is 1.19 bits per heavy atom. The monoisotopic (exact) mass is 227 g/mol. The topological polar surface area (TPSA) is 32.3 Å². The van der Waals surface area contributed by atoms with Crippen LogP contribution in [0.3, 0.4) is 0 Å². The van der Waals surface area contributed by atoms with Gasteiger partial charge in [0.25, 0.3) is 0 Å². The van der Waals surface area contributed by atoms with Crippen molar-refractivity contribution in [3.8, 4) is 0 Å². The maximum Gasteiger partial charge on any atom is 0.0436 e. The van der Waals surface area contributed by atoms with Crippen LogP contribution in [0, 0.1) is 11.3 Å². The SMILES string of the molecule is CC(C)CCC(C)NCC1(CCO)CCC1. The van der Waals surface area contributed by atoms with Crippen LogP contribution in [0.15, 0.2) is 0 Å². The van der Waals surface area contributed by atoms with Crippen molar-refractivity contribution in [2.45, 2.75) is 65.3 Å². The molecule has 0 spiro atoms. The number of hydrogen-bond donors (Lipinski definition) is 2. The van der Waals surface area contributed by atoms with Gasteiger partial charge in [0, 0.05) is 19.2 Å². The Morgan fingerprint density at radius 3 is 2.31 bits per heavy atom. The van der Waals surface area contributed by atoms with E-state index < -0.39 is 0 Å². The van der Waals surface area contributed by atoms with Crippen LogP contribution in [-0.4, -0.2) is 24.3 Å². The summed E-state index contributed by atoms with van der Waals surface area (Å²) in [7, 11) is 0. The van der Waals surface area contributed by atoms with E-state index in [0.29, 0.717) is 18.1 Å². The summed E-state index contributed by atoms with van der Waals surface area (Å²) in [6.07, 6.45) is 7.52. The highest BCUT2D eigenvalue weighted by Crippen LogP contribution is 2.43. The zero-order valence-corrected chi connectivity index (χ0v) is 11.3. The zero-order chi connectivity index (χ0) is 12.0. The quantitative estimate of drug-likeness (QED) is 0.668. The molecule has 2 heteroatoms. The molecule has 1 aliphatic carbocycles. The molecule has 0 saturated heterocycles. The highest BCUT2D eigenvalue weighted by Gasteiger charge is 2.35. The molecule has 1 rings (SSSR count). The molecule has 96 valence electrons. The van der Waals surface area contributed by atoms with Crippen LogP contribution in [0.5, 0.6) is 0 Å². The number of aliphatic hydroxyl groups is 1. The van der Waals surface area contributed by atoms with Crippen LogP contribution in [-0.2, 0) is 0 Å². The van der Waals surface area contributed by atoms with E-state index in [-0.39, 0.29) is 0 Å². The number of nitrogens with one attached hydrogen (secondary N) is 1. The van der Waals surface area contributed by atoms with Gasteiger partial charge in [-0.05, 0) is 50.4 Å². The minimum atomic E-state index is 0.349. The van der Waals surface area contributed by atoms with Crippen molar-refractivity contribution in [3.05, 3.63) is 0 Å². The van der Waals surface area contributed by atoms with Crippen LogP contribution < -0.4 is 5.32 Å². The van der Waals surface area contributed by atoms with Gasteiger partial charge in [-0.15, -0.1) is 0 Å². The molecule has 0 amide bonds. The molecule has 0 aliphatic heterocycles. The number of hydrogen-bond acceptors (Lipinski definition) is 2. The fraction of sp³-hybridized carbons (Fsp3) is 1.00. The Kier molecular flexibility index (Phi) is 5.77. The van der Waals surface area contributed by atoms with Gasteiger partial charge in [-0.25, -0.2) is 0 Å². The van der Waals surface area contributed by atoms with E-state index in [1.54, 1.807) is 0 Å². The lowest BCUT2D eigenvalue weighted by Crippen LogP contribution is -2.43. The molecule has 2 N–H and O–H groups in total. The van der Waals surface area contributed by atoms with Crippen molar-refractivity contribution < 1.29 is 5.11 Å². The van der Waals surface area contributed by atoms with Gasteiger partial charge < -0.3 is 10.4 Å². The van der Waals surface area contributed by atoms with Crippen LogP contribution in [0.1, 0.15) is 59.3 Å². The Balaban J connectivity index is 2.16. The van der Waals surface area contributed by atoms with E-state index in [1.807, 2.05) is 0 Å². The molecular weight excluding hydrogens is 198 g/mol. The molecular formula is C14H29NO. The highest BCUT2D eigenvalue weighted by molar-refractivity contribution is 4.89. The van der Waals surface area contributed by atoms with Crippen molar-refractivity contribution in [1.29, 1.82) is 0 Å². The fourth-order valence-electron chi connectivity index (χ4n) is 2.51. The highest BCUT2D eigenvalue weighted by atomic mass is 16.3. The number of rotatable bonds is 8. The molecule has 1 atom stereocenters. The first kappa shape index (κ1) is 14.0. The molecule has 0 aromatic rings. The maximum atomic E-state index is 9.08. The van der Waals surface area contributed by atoms with E-state index in [9.17, 15) is 0 Å². The van der Waals surface area contributed by atoms with E-state index in [1.165, 1.54) is 32.1 Å². The van der Waals surface area contributed by atoms with Gasteiger partial charge >= 0.3 is 0 Å². The largest absolute Gasteiger partial charge is 0.396 e. The molecule has 0 aromatic carbocycles. The van der Waals surface area contributed by atoms with E-state index in [0.717, 1.165) is 18.9 Å². The van der Waals surface area contributed by atoms with Crippen LogP contribution >= 0.6 is 0 Å². The van der Waals surface area contributed by atoms with E-state index >= 15 is 0 Å². The number of aliphatic hydroxyl groups excluding tert-OH is 1. The summed E-state index contributed by atoms with van der Waals surface area (Å²) in [5.74, 6) is 0.805. The summed E-state index contributed by atoms with van der Waals surface area (Å²) in [4.78, 5) is 0. The van der Waals surface area contributed by atoms with Crippen molar-refractivity contribution in [2.24, 2.45) is 11.3 Å². The smallest absolute Gasteiger partial charge is 0.0436 e. The molecule has 0 aromatic heterocycles. The molecule has 1 aliphatic rings. The van der Waals surface area contributed by atoms with Crippen LogP contribution in [0.25, 0.3) is 0 Å². The fourth-order valence-corrected chi connectivity index (χ4v) is 2.51. The average molecular weight is 227 g/mol. The third-order valence-corrected chi connectivity index (χ3v) is 4.06. The first-order valence-electron chi connectivity index (χ1n) is 6.92. The van der Waals surface area contributed by atoms with Crippen molar-refractivity contribution >= 4 is 0 Å². The molecule has 1 saturated carbocycles. The van der Waals surface area contributed by atoms with E-state index in [2.05, 4.69) is 26.1 Å². The molecule has 16 heavy (non-hydrogen) atoms. The van der Waals surface area contributed by atoms with Gasteiger partial charge in [0.2, 0.25) is 0 Å². The first-order chi connectivity index (χ1) is 7.58. The lowest BCUT2D eigenvalue weighted by Gasteiger charge is -2.42. The first-order valence-corrected chi connectivity index (χ1v) is 6.92. The summed E-state index contributed by atoms with van der Waals surface area (Å²) in [6, 6.07) is 0.624. The third-order valence-electron chi connectivity index (χ3n) is 4.06. The minimum absolute atomic E-state index is 0.349. The van der Waals surface area contributed by atoms with Crippen LogP contribution in [0.2, 0.25) is 0 Å². The van der Waals surface area contributed by atoms with Crippen molar-refractivity contribution in [1.82, 2.24) is 5.32 Å². The normalized spacial score (nSPS) is 20.8. The predicted octanol–water partition coefficient (Wildman–Crippen LogP) is 2.95. The van der Waals surface area contributed by atoms with Gasteiger partial charge in [-0.2, -0.15) is 0 Å². The summed E-state index contributed by atoms with van der Waals surface area (Å²) < 4.78 is 0. The summed E-state index contributed by atoms with van der Waals surface area (Å²) in [5.41, 5.74) is 0.431. The van der Waals surface area contributed by atoms with Crippen molar-refractivity contribution in [2.75, 3.05) is 13.2 Å². The van der Waals surface area contributed by atoms with Gasteiger partial charge in [-0.1, -0.05) is 20.3 Å². The Labute approximate surface area is 101 Å². The molecule has 2 nitrogen and oxygen atoms in total. The second kappa shape index (κ2) is 6.61. The second-order valence-corrected chi connectivity index (χ2v) is 6.08.